The van der Waals surface area contributed by atoms with Crippen LogP contribution in [-0.2, 0) is 0 Å². The van der Waals surface area contributed by atoms with Gasteiger partial charge < -0.3 is 9.47 Å². The molecule has 1 atom stereocenters. The Morgan fingerprint density at radius 3 is 2.75 bits per heavy atom. The monoisotopic (exact) mass is 374 g/mol. The molecule has 0 aliphatic carbocycles. The minimum absolute atomic E-state index is 0.221. The molecule has 1 unspecified atom stereocenters. The smallest absolute Gasteiger partial charge is 0.134 e. The predicted molar refractivity (Wildman–Crippen MR) is 88.5 cm³/mol. The van der Waals surface area contributed by atoms with Crippen LogP contribution in [0.1, 0.15) is 29.2 Å². The standard InChI is InChI=1S/C15H16BrClO2S/c1-3-7-19-12-5-4-10(9-11(12)16)14(17)15-13(18-2)6-8-20-15/h4-6,8-9,14H,3,7H2,1-2H3. The van der Waals surface area contributed by atoms with Crippen molar-refractivity contribution in [1.82, 2.24) is 0 Å². The van der Waals surface area contributed by atoms with Crippen LogP contribution in [0.25, 0.3) is 0 Å². The Labute approximate surface area is 136 Å². The number of hydrogen-bond acceptors (Lipinski definition) is 3. The molecule has 1 heterocycles. The molecule has 0 saturated carbocycles. The molecule has 0 saturated heterocycles. The molecule has 2 aromatic rings. The first-order chi connectivity index (χ1) is 9.67. The highest BCUT2D eigenvalue weighted by Gasteiger charge is 2.18. The summed E-state index contributed by atoms with van der Waals surface area (Å²) in [5.41, 5.74) is 1.02. The summed E-state index contributed by atoms with van der Waals surface area (Å²) in [6, 6.07) is 7.88. The largest absolute Gasteiger partial charge is 0.496 e. The maximum absolute atomic E-state index is 6.55. The van der Waals surface area contributed by atoms with E-state index in [2.05, 4.69) is 22.9 Å². The number of rotatable bonds is 6. The quantitative estimate of drug-likeness (QED) is 0.609. The second-order valence-electron chi connectivity index (χ2n) is 4.25. The van der Waals surface area contributed by atoms with Gasteiger partial charge in [0.2, 0.25) is 0 Å². The van der Waals surface area contributed by atoms with Gasteiger partial charge in [0.25, 0.3) is 0 Å². The van der Waals surface area contributed by atoms with Crippen molar-refractivity contribution in [2.75, 3.05) is 13.7 Å². The highest BCUT2D eigenvalue weighted by atomic mass is 79.9. The third-order valence-corrected chi connectivity index (χ3v) is 5.00. The molecule has 0 bridgehead atoms. The summed E-state index contributed by atoms with van der Waals surface area (Å²) in [5, 5.41) is 1.76. The molecule has 108 valence electrons. The lowest BCUT2D eigenvalue weighted by Gasteiger charge is -2.13. The van der Waals surface area contributed by atoms with Crippen molar-refractivity contribution in [3.63, 3.8) is 0 Å². The highest BCUT2D eigenvalue weighted by molar-refractivity contribution is 9.10. The summed E-state index contributed by atoms with van der Waals surface area (Å²) in [7, 11) is 1.66. The molecule has 0 amide bonds. The van der Waals surface area contributed by atoms with Crippen LogP contribution in [0, 0.1) is 0 Å². The molecule has 2 nitrogen and oxygen atoms in total. The maximum atomic E-state index is 6.55. The predicted octanol–water partition coefficient (Wildman–Crippen LogP) is 5.64. The Balaban J connectivity index is 2.23. The van der Waals surface area contributed by atoms with Crippen LogP contribution < -0.4 is 9.47 Å². The van der Waals surface area contributed by atoms with Crippen molar-refractivity contribution < 1.29 is 9.47 Å². The number of ether oxygens (including phenoxy) is 2. The minimum atomic E-state index is -0.221. The first-order valence-corrected chi connectivity index (χ1v) is 8.46. The van der Waals surface area contributed by atoms with E-state index in [1.807, 2.05) is 29.6 Å². The molecule has 0 N–H and O–H groups in total. The molecule has 20 heavy (non-hydrogen) atoms. The van der Waals surface area contributed by atoms with Crippen LogP contribution in [0.15, 0.2) is 34.1 Å². The van der Waals surface area contributed by atoms with Crippen LogP contribution >= 0.6 is 38.9 Å². The molecule has 0 aliphatic heterocycles. The van der Waals surface area contributed by atoms with E-state index in [0.29, 0.717) is 6.61 Å². The molecule has 2 rings (SSSR count). The summed E-state index contributed by atoms with van der Waals surface area (Å²) in [6.07, 6.45) is 0.985. The van der Waals surface area contributed by atoms with Gasteiger partial charge in [0.15, 0.2) is 0 Å². The van der Waals surface area contributed by atoms with Crippen LogP contribution in [0.3, 0.4) is 0 Å². The van der Waals surface area contributed by atoms with E-state index >= 15 is 0 Å². The van der Waals surface area contributed by atoms with E-state index in [9.17, 15) is 0 Å². The highest BCUT2D eigenvalue weighted by Crippen LogP contribution is 2.40. The van der Waals surface area contributed by atoms with E-state index in [1.54, 1.807) is 18.4 Å². The number of thiophene rings is 1. The van der Waals surface area contributed by atoms with Gasteiger partial charge in [0, 0.05) is 0 Å². The van der Waals surface area contributed by atoms with Crippen molar-refractivity contribution in [2.45, 2.75) is 18.7 Å². The first kappa shape index (κ1) is 15.7. The Kier molecular flexibility index (Phi) is 5.75. The minimum Gasteiger partial charge on any atom is -0.496 e. The number of methoxy groups -OCH3 is 1. The second-order valence-corrected chi connectivity index (χ2v) is 6.49. The topological polar surface area (TPSA) is 18.5 Å². The van der Waals surface area contributed by atoms with E-state index in [4.69, 9.17) is 21.1 Å². The lowest BCUT2D eigenvalue weighted by molar-refractivity contribution is 0.315. The SMILES string of the molecule is CCCOc1ccc(C(Cl)c2sccc2OC)cc1Br. The van der Waals surface area contributed by atoms with Crippen molar-refractivity contribution in [2.24, 2.45) is 0 Å². The van der Waals surface area contributed by atoms with Crippen molar-refractivity contribution in [1.29, 1.82) is 0 Å². The molecular formula is C15H16BrClO2S. The number of halogens is 2. The fourth-order valence-electron chi connectivity index (χ4n) is 1.82. The van der Waals surface area contributed by atoms with Gasteiger partial charge in [-0.15, -0.1) is 22.9 Å². The van der Waals surface area contributed by atoms with Crippen LogP contribution in [-0.4, -0.2) is 13.7 Å². The normalized spacial score (nSPS) is 12.2. The van der Waals surface area contributed by atoms with Crippen molar-refractivity contribution >= 4 is 38.9 Å². The van der Waals surface area contributed by atoms with E-state index < -0.39 is 0 Å². The second kappa shape index (κ2) is 7.34. The van der Waals surface area contributed by atoms with Gasteiger partial charge in [-0.1, -0.05) is 13.0 Å². The van der Waals surface area contributed by atoms with Crippen LogP contribution in [0.5, 0.6) is 11.5 Å². The summed E-state index contributed by atoms with van der Waals surface area (Å²) >= 11 is 11.7. The fraction of sp³-hybridized carbons (Fsp3) is 0.333. The summed E-state index contributed by atoms with van der Waals surface area (Å²) in [6.45, 7) is 2.79. The number of hydrogen-bond donors (Lipinski definition) is 0. The Bertz CT molecular complexity index is 571. The number of benzene rings is 1. The molecule has 0 spiro atoms. The first-order valence-electron chi connectivity index (χ1n) is 6.35. The molecule has 1 aromatic carbocycles. The van der Waals surface area contributed by atoms with Gasteiger partial charge in [0.05, 0.1) is 28.4 Å². The maximum Gasteiger partial charge on any atom is 0.134 e. The van der Waals surface area contributed by atoms with Gasteiger partial charge in [-0.3, -0.25) is 0 Å². The van der Waals surface area contributed by atoms with Crippen LogP contribution in [0.4, 0.5) is 0 Å². The van der Waals surface area contributed by atoms with Crippen molar-refractivity contribution in [3.8, 4) is 11.5 Å². The lowest BCUT2D eigenvalue weighted by Crippen LogP contribution is -1.98. The third kappa shape index (κ3) is 3.48. The van der Waals surface area contributed by atoms with Gasteiger partial charge in [-0.05, 0) is 51.5 Å². The molecule has 0 aliphatic rings. The van der Waals surface area contributed by atoms with Crippen molar-refractivity contribution in [3.05, 3.63) is 44.6 Å². The Morgan fingerprint density at radius 2 is 2.10 bits per heavy atom. The summed E-state index contributed by atoms with van der Waals surface area (Å²) < 4.78 is 11.9. The van der Waals surface area contributed by atoms with E-state index in [-0.39, 0.29) is 5.38 Å². The van der Waals surface area contributed by atoms with Gasteiger partial charge in [0.1, 0.15) is 11.5 Å². The average Bonchev–Trinajstić information content (AvgIpc) is 2.93. The zero-order valence-corrected chi connectivity index (χ0v) is 14.5. The Hall–Kier alpha value is -0.710. The molecule has 5 heteroatoms. The zero-order chi connectivity index (χ0) is 14.5. The average molecular weight is 376 g/mol. The summed E-state index contributed by atoms with van der Waals surface area (Å²) in [5.74, 6) is 1.68. The molecule has 0 fully saturated rings. The van der Waals surface area contributed by atoms with Gasteiger partial charge >= 0.3 is 0 Å². The number of alkyl halides is 1. The molecule has 1 aromatic heterocycles. The Morgan fingerprint density at radius 1 is 1.30 bits per heavy atom. The summed E-state index contributed by atoms with van der Waals surface area (Å²) in [4.78, 5) is 1.02. The fourth-order valence-corrected chi connectivity index (χ4v) is 3.59. The van der Waals surface area contributed by atoms with E-state index in [1.165, 1.54) is 0 Å². The van der Waals surface area contributed by atoms with E-state index in [0.717, 1.165) is 32.8 Å². The van der Waals surface area contributed by atoms with Gasteiger partial charge in [-0.2, -0.15) is 0 Å². The molecule has 0 radical (unpaired) electrons. The third-order valence-electron chi connectivity index (χ3n) is 2.82. The zero-order valence-electron chi connectivity index (χ0n) is 11.4. The van der Waals surface area contributed by atoms with Crippen LogP contribution in [0.2, 0.25) is 0 Å². The lowest BCUT2D eigenvalue weighted by atomic mass is 10.1. The van der Waals surface area contributed by atoms with Gasteiger partial charge in [-0.25, -0.2) is 0 Å². The molecular weight excluding hydrogens is 360 g/mol.